The van der Waals surface area contributed by atoms with E-state index in [1.807, 2.05) is 0 Å². The molecule has 0 saturated carbocycles. The van der Waals surface area contributed by atoms with Crippen molar-refractivity contribution in [3.8, 4) is 0 Å². The van der Waals surface area contributed by atoms with Crippen LogP contribution in [0.4, 0.5) is 0 Å². The van der Waals surface area contributed by atoms with Gasteiger partial charge in [0.2, 0.25) is 0 Å². The first-order valence-corrected chi connectivity index (χ1v) is 5.71. The fourth-order valence-electron chi connectivity index (χ4n) is 1.62. The molecule has 6 nitrogen and oxygen atoms in total. The second-order valence-corrected chi connectivity index (χ2v) is 4.18. The zero-order valence-corrected chi connectivity index (χ0v) is 10.9. The molecular formula is C13H17NO5. The highest BCUT2D eigenvalue weighted by molar-refractivity contribution is 5.95. The van der Waals surface area contributed by atoms with Gasteiger partial charge in [-0.25, -0.2) is 4.79 Å². The van der Waals surface area contributed by atoms with Crippen LogP contribution in [0, 0.1) is 0 Å². The number of rotatable bonds is 6. The van der Waals surface area contributed by atoms with E-state index in [9.17, 15) is 14.7 Å². The molecule has 1 amide bonds. The molecule has 0 radical (unpaired) electrons. The number of nitrogens with zero attached hydrogens (tertiary/aromatic N) is 1. The third kappa shape index (κ3) is 4.35. The first-order chi connectivity index (χ1) is 8.95. The second-order valence-electron chi connectivity index (χ2n) is 4.18. The largest absolute Gasteiger partial charge is 0.478 e. The molecule has 1 aromatic rings. The van der Waals surface area contributed by atoms with Gasteiger partial charge in [-0.1, -0.05) is 0 Å². The van der Waals surface area contributed by atoms with Gasteiger partial charge in [0.05, 0.1) is 18.3 Å². The number of ether oxygens (including phenoxy) is 1. The molecular weight excluding hydrogens is 250 g/mol. The van der Waals surface area contributed by atoms with Crippen molar-refractivity contribution in [1.29, 1.82) is 0 Å². The number of amides is 1. The molecule has 0 bridgehead atoms. The van der Waals surface area contributed by atoms with Crippen molar-refractivity contribution in [3.63, 3.8) is 0 Å². The highest BCUT2D eigenvalue weighted by atomic mass is 16.5. The molecule has 19 heavy (non-hydrogen) atoms. The number of aliphatic hydroxyl groups excluding tert-OH is 1. The summed E-state index contributed by atoms with van der Waals surface area (Å²) in [6, 6.07) is 5.64. The maximum atomic E-state index is 12.0. The zero-order chi connectivity index (χ0) is 14.4. The maximum Gasteiger partial charge on any atom is 0.335 e. The average Bonchev–Trinajstić information content (AvgIpc) is 2.38. The Kier molecular flexibility index (Phi) is 5.47. The van der Waals surface area contributed by atoms with Crippen molar-refractivity contribution in [3.05, 3.63) is 35.4 Å². The minimum Gasteiger partial charge on any atom is -0.478 e. The molecule has 2 N–H and O–H groups in total. The van der Waals surface area contributed by atoms with Crippen LogP contribution in [0.25, 0.3) is 0 Å². The van der Waals surface area contributed by atoms with Crippen molar-refractivity contribution < 1.29 is 24.5 Å². The Morgan fingerprint density at radius 3 is 2.26 bits per heavy atom. The standard InChI is InChI=1S/C13H17NO5/c1-14(7-11(15)8-19-2)12(16)9-3-5-10(6-4-9)13(17)18/h3-6,11,15H,7-8H2,1-2H3,(H,17,18). The topological polar surface area (TPSA) is 87.1 Å². The predicted molar refractivity (Wildman–Crippen MR) is 68.2 cm³/mol. The predicted octanol–water partition coefficient (Wildman–Crippen LogP) is 0.464. The number of aromatic carboxylic acids is 1. The lowest BCUT2D eigenvalue weighted by Gasteiger charge is -2.20. The van der Waals surface area contributed by atoms with Gasteiger partial charge < -0.3 is 19.8 Å². The summed E-state index contributed by atoms with van der Waals surface area (Å²) in [6.45, 7) is 0.295. The number of likely N-dealkylation sites (N-methyl/N-ethyl adjacent to an activating group) is 1. The number of carbonyl (C=O) groups is 2. The Bertz CT molecular complexity index is 443. The van der Waals surface area contributed by atoms with E-state index in [0.29, 0.717) is 5.56 Å². The number of methoxy groups -OCH3 is 1. The summed E-state index contributed by atoms with van der Waals surface area (Å²) in [7, 11) is 3.03. The lowest BCUT2D eigenvalue weighted by atomic mass is 10.1. The minimum absolute atomic E-state index is 0.124. The van der Waals surface area contributed by atoms with Crippen LogP contribution < -0.4 is 0 Å². The van der Waals surface area contributed by atoms with Gasteiger partial charge in [0.1, 0.15) is 0 Å². The number of aliphatic hydroxyl groups is 1. The Hall–Kier alpha value is -1.92. The monoisotopic (exact) mass is 267 g/mol. The van der Waals surface area contributed by atoms with Gasteiger partial charge in [-0.2, -0.15) is 0 Å². The van der Waals surface area contributed by atoms with E-state index in [0.717, 1.165) is 0 Å². The highest BCUT2D eigenvalue weighted by Crippen LogP contribution is 2.07. The maximum absolute atomic E-state index is 12.0. The molecule has 0 aromatic heterocycles. The van der Waals surface area contributed by atoms with Crippen molar-refractivity contribution in [2.75, 3.05) is 27.3 Å². The van der Waals surface area contributed by atoms with Crippen molar-refractivity contribution in [2.45, 2.75) is 6.10 Å². The van der Waals surface area contributed by atoms with E-state index in [4.69, 9.17) is 9.84 Å². The van der Waals surface area contributed by atoms with Gasteiger partial charge in [-0.05, 0) is 24.3 Å². The van der Waals surface area contributed by atoms with Crippen LogP contribution in [-0.4, -0.2) is 60.4 Å². The van der Waals surface area contributed by atoms with Gasteiger partial charge in [0.25, 0.3) is 5.91 Å². The number of carbonyl (C=O) groups excluding carboxylic acids is 1. The van der Waals surface area contributed by atoms with Crippen LogP contribution in [0.3, 0.4) is 0 Å². The third-order valence-corrected chi connectivity index (χ3v) is 2.57. The Morgan fingerprint density at radius 1 is 1.26 bits per heavy atom. The van der Waals surface area contributed by atoms with E-state index in [-0.39, 0.29) is 24.6 Å². The normalized spacial score (nSPS) is 11.9. The summed E-state index contributed by atoms with van der Waals surface area (Å²) in [5, 5.41) is 18.3. The molecule has 1 unspecified atom stereocenters. The Morgan fingerprint density at radius 2 is 1.79 bits per heavy atom. The number of carboxylic acids is 1. The van der Waals surface area contributed by atoms with Crippen LogP contribution in [0.1, 0.15) is 20.7 Å². The van der Waals surface area contributed by atoms with E-state index >= 15 is 0 Å². The van der Waals surface area contributed by atoms with Crippen LogP contribution in [0.5, 0.6) is 0 Å². The SMILES string of the molecule is COCC(O)CN(C)C(=O)c1ccc(C(=O)O)cc1. The molecule has 6 heteroatoms. The first-order valence-electron chi connectivity index (χ1n) is 5.71. The smallest absolute Gasteiger partial charge is 0.335 e. The highest BCUT2D eigenvalue weighted by Gasteiger charge is 2.15. The molecule has 0 heterocycles. The van der Waals surface area contributed by atoms with Gasteiger partial charge in [0.15, 0.2) is 0 Å². The van der Waals surface area contributed by atoms with Crippen LogP contribution in [-0.2, 0) is 4.74 Å². The number of carboxylic acid groups (broad SMARTS) is 1. The zero-order valence-electron chi connectivity index (χ0n) is 10.9. The fourth-order valence-corrected chi connectivity index (χ4v) is 1.62. The number of hydrogen-bond acceptors (Lipinski definition) is 4. The summed E-state index contributed by atoms with van der Waals surface area (Å²) < 4.78 is 4.78. The van der Waals surface area contributed by atoms with Crippen LogP contribution in [0.2, 0.25) is 0 Å². The van der Waals surface area contributed by atoms with Crippen molar-refractivity contribution >= 4 is 11.9 Å². The van der Waals surface area contributed by atoms with Gasteiger partial charge in [-0.3, -0.25) is 4.79 Å². The molecule has 0 aliphatic carbocycles. The summed E-state index contributed by atoms with van der Waals surface area (Å²) in [6.07, 6.45) is -0.753. The van der Waals surface area contributed by atoms with Crippen molar-refractivity contribution in [1.82, 2.24) is 4.90 Å². The number of benzene rings is 1. The van der Waals surface area contributed by atoms with E-state index in [1.54, 1.807) is 7.05 Å². The summed E-state index contributed by atoms with van der Waals surface area (Å²) >= 11 is 0. The third-order valence-electron chi connectivity index (χ3n) is 2.57. The fraction of sp³-hybridized carbons (Fsp3) is 0.385. The summed E-state index contributed by atoms with van der Waals surface area (Å²) in [4.78, 5) is 24.0. The molecule has 1 atom stereocenters. The summed E-state index contributed by atoms with van der Waals surface area (Å²) in [5.41, 5.74) is 0.496. The molecule has 0 spiro atoms. The van der Waals surface area contributed by atoms with Crippen LogP contribution in [0.15, 0.2) is 24.3 Å². The van der Waals surface area contributed by atoms with Gasteiger partial charge in [-0.15, -0.1) is 0 Å². The first kappa shape index (κ1) is 15.1. The van der Waals surface area contributed by atoms with E-state index in [2.05, 4.69) is 0 Å². The molecule has 0 aliphatic rings. The molecule has 1 aromatic carbocycles. The quantitative estimate of drug-likeness (QED) is 0.782. The lowest BCUT2D eigenvalue weighted by Crippen LogP contribution is -2.36. The Labute approximate surface area is 111 Å². The van der Waals surface area contributed by atoms with Gasteiger partial charge >= 0.3 is 5.97 Å². The van der Waals surface area contributed by atoms with Crippen LogP contribution >= 0.6 is 0 Å². The van der Waals surface area contributed by atoms with Crippen molar-refractivity contribution in [2.24, 2.45) is 0 Å². The summed E-state index contributed by atoms with van der Waals surface area (Å²) in [5.74, 6) is -1.32. The molecule has 104 valence electrons. The van der Waals surface area contributed by atoms with E-state index in [1.165, 1.54) is 36.3 Å². The molecule has 1 rings (SSSR count). The lowest BCUT2D eigenvalue weighted by molar-refractivity contribution is 0.0380. The second kappa shape index (κ2) is 6.86. The van der Waals surface area contributed by atoms with Gasteiger partial charge in [0, 0.05) is 26.3 Å². The Balaban J connectivity index is 2.68. The molecule has 0 fully saturated rings. The molecule has 0 saturated heterocycles. The minimum atomic E-state index is -1.04. The molecule has 0 aliphatic heterocycles. The van der Waals surface area contributed by atoms with E-state index < -0.39 is 12.1 Å². The number of hydrogen-bond donors (Lipinski definition) is 2. The average molecular weight is 267 g/mol.